The molecule has 1 rings (SSSR count). The van der Waals surface area contributed by atoms with Gasteiger partial charge in [0.1, 0.15) is 23.9 Å². The van der Waals surface area contributed by atoms with Crippen LogP contribution in [-0.4, -0.2) is 99.1 Å². The molecule has 0 aliphatic heterocycles. The van der Waals surface area contributed by atoms with E-state index >= 15 is 0 Å². The topological polar surface area (TPSA) is 229 Å². The Kier molecular flexibility index (Phi) is 13.4. The number of aliphatic hydroxyl groups is 1. The summed E-state index contributed by atoms with van der Waals surface area (Å²) in [4.78, 5) is 82.7. The van der Waals surface area contributed by atoms with E-state index in [9.17, 15) is 33.6 Å². The van der Waals surface area contributed by atoms with Gasteiger partial charge >= 0.3 is 7.82 Å². The van der Waals surface area contributed by atoms with Crippen molar-refractivity contribution in [2.45, 2.75) is 64.8 Å². The van der Waals surface area contributed by atoms with E-state index in [0.717, 1.165) is 9.80 Å². The molecule has 0 bridgehead atoms. The Morgan fingerprint density at radius 2 is 1.59 bits per heavy atom. The predicted molar refractivity (Wildman–Crippen MR) is 147 cm³/mol. The zero-order chi connectivity index (χ0) is 31.7. The summed E-state index contributed by atoms with van der Waals surface area (Å²) in [5.41, 5.74) is 5.92. The SMILES string of the molecule is CC(=O)NC(Cc1ccc(OP(=O)(O)O)cc1)C(=O)N[C@H](C(=O)N(C)CC(=O)N(C)[C@@H](CC(C)C)C(N)=O)[C@H](C)O. The van der Waals surface area contributed by atoms with E-state index < -0.39 is 68.1 Å². The molecule has 4 atom stereocenters. The van der Waals surface area contributed by atoms with Gasteiger partial charge in [-0.2, -0.15) is 0 Å². The van der Waals surface area contributed by atoms with Gasteiger partial charge in [0.05, 0.1) is 12.6 Å². The number of rotatable bonds is 15. The molecule has 0 aliphatic carbocycles. The molecule has 0 radical (unpaired) electrons. The Morgan fingerprint density at radius 3 is 2.02 bits per heavy atom. The fraction of sp³-hybridized carbons (Fsp3) is 0.560. The largest absolute Gasteiger partial charge is 0.524 e. The highest BCUT2D eigenvalue weighted by atomic mass is 31.2. The molecule has 41 heavy (non-hydrogen) atoms. The highest BCUT2D eigenvalue weighted by molar-refractivity contribution is 7.46. The molecule has 5 amide bonds. The van der Waals surface area contributed by atoms with Crippen LogP contribution in [0.15, 0.2) is 24.3 Å². The number of nitrogens with one attached hydrogen (secondary N) is 2. The summed E-state index contributed by atoms with van der Waals surface area (Å²) in [7, 11) is -2.07. The van der Waals surface area contributed by atoms with E-state index in [1.54, 1.807) is 0 Å². The van der Waals surface area contributed by atoms with Crippen molar-refractivity contribution in [3.05, 3.63) is 29.8 Å². The first kappa shape index (κ1) is 35.5. The molecule has 0 saturated heterocycles. The highest BCUT2D eigenvalue weighted by Crippen LogP contribution is 2.37. The molecule has 0 heterocycles. The molecule has 0 saturated carbocycles. The minimum atomic E-state index is -4.76. The number of benzene rings is 1. The van der Waals surface area contributed by atoms with Crippen LogP contribution in [-0.2, 0) is 35.0 Å². The number of phosphoric acid groups is 1. The maximum Gasteiger partial charge on any atom is 0.524 e. The van der Waals surface area contributed by atoms with Gasteiger partial charge in [-0.15, -0.1) is 0 Å². The van der Waals surface area contributed by atoms with Crippen LogP contribution in [0.25, 0.3) is 0 Å². The summed E-state index contributed by atoms with van der Waals surface area (Å²) in [6.45, 7) is 5.72. The third-order valence-corrected chi connectivity index (χ3v) is 6.41. The van der Waals surface area contributed by atoms with Crippen molar-refractivity contribution < 1.29 is 48.0 Å². The van der Waals surface area contributed by atoms with Crippen molar-refractivity contribution >= 4 is 37.4 Å². The first-order valence-electron chi connectivity index (χ1n) is 12.7. The fourth-order valence-electron chi connectivity index (χ4n) is 3.87. The van der Waals surface area contributed by atoms with Crippen molar-refractivity contribution in [2.24, 2.45) is 11.7 Å². The second-order valence-corrected chi connectivity index (χ2v) is 11.3. The van der Waals surface area contributed by atoms with Gasteiger partial charge in [0, 0.05) is 27.4 Å². The Morgan fingerprint density at radius 1 is 1.02 bits per heavy atom. The van der Waals surface area contributed by atoms with Crippen molar-refractivity contribution in [3.8, 4) is 5.75 Å². The molecule has 0 aliphatic rings. The second-order valence-electron chi connectivity index (χ2n) is 10.2. The van der Waals surface area contributed by atoms with Crippen LogP contribution in [0, 0.1) is 5.92 Å². The smallest absolute Gasteiger partial charge is 0.404 e. The zero-order valence-electron chi connectivity index (χ0n) is 23.9. The summed E-state index contributed by atoms with van der Waals surface area (Å²) in [6, 6.07) is 1.84. The van der Waals surface area contributed by atoms with E-state index in [0.29, 0.717) is 12.0 Å². The van der Waals surface area contributed by atoms with E-state index in [-0.39, 0.29) is 18.1 Å². The van der Waals surface area contributed by atoms with Gasteiger partial charge in [-0.1, -0.05) is 26.0 Å². The number of hydrogen-bond donors (Lipinski definition) is 6. The second kappa shape index (κ2) is 15.5. The number of primary amides is 1. The minimum absolute atomic E-state index is 0.0690. The monoisotopic (exact) mass is 601 g/mol. The number of nitrogens with two attached hydrogens (primary N) is 1. The minimum Gasteiger partial charge on any atom is -0.404 e. The molecule has 15 nitrogen and oxygen atoms in total. The normalized spacial score (nSPS) is 14.3. The van der Waals surface area contributed by atoms with Crippen molar-refractivity contribution in [2.75, 3.05) is 20.6 Å². The summed E-state index contributed by atoms with van der Waals surface area (Å²) >= 11 is 0. The van der Waals surface area contributed by atoms with Crippen LogP contribution in [0.2, 0.25) is 0 Å². The van der Waals surface area contributed by atoms with Gasteiger partial charge in [-0.25, -0.2) is 4.57 Å². The number of hydrogen-bond acceptors (Lipinski definition) is 8. The molecule has 230 valence electrons. The lowest BCUT2D eigenvalue weighted by atomic mass is 10.0. The number of aliphatic hydroxyl groups excluding tert-OH is 1. The van der Waals surface area contributed by atoms with Gasteiger partial charge < -0.3 is 35.8 Å². The summed E-state index contributed by atoms with van der Waals surface area (Å²) in [6.07, 6.45) is -1.14. The van der Waals surface area contributed by atoms with Gasteiger partial charge in [0.15, 0.2) is 0 Å². The Labute approximate surface area is 238 Å². The molecule has 1 aromatic carbocycles. The van der Waals surface area contributed by atoms with Crippen molar-refractivity contribution in [1.29, 1.82) is 0 Å². The number of amides is 5. The Balaban J connectivity index is 3.02. The molecule has 0 fully saturated rings. The standard InChI is InChI=1S/C25H40N5O10P/c1-14(2)11-20(23(26)34)30(6)21(33)13-29(5)25(36)22(15(3)31)28-24(35)19(27-16(4)32)12-17-7-9-18(10-8-17)40-41(37,38)39/h7-10,14-15,19-20,22,31H,11-13H2,1-6H3,(H2,26,34)(H,27,32)(H,28,35)(H2,37,38,39)/t15-,19?,20-,22-/m0/s1. The molecular formula is C25H40N5O10P. The lowest BCUT2D eigenvalue weighted by Gasteiger charge is -2.31. The lowest BCUT2D eigenvalue weighted by Crippen LogP contribution is -2.58. The van der Waals surface area contributed by atoms with Crippen LogP contribution < -0.4 is 20.9 Å². The van der Waals surface area contributed by atoms with Crippen LogP contribution in [0.4, 0.5) is 0 Å². The third kappa shape index (κ3) is 12.3. The van der Waals surface area contributed by atoms with Gasteiger partial charge in [0.25, 0.3) is 0 Å². The molecular weight excluding hydrogens is 561 g/mol. The van der Waals surface area contributed by atoms with Gasteiger partial charge in [-0.05, 0) is 37.0 Å². The van der Waals surface area contributed by atoms with Crippen LogP contribution in [0.1, 0.15) is 39.7 Å². The average Bonchev–Trinajstić information content (AvgIpc) is 2.83. The predicted octanol–water partition coefficient (Wildman–Crippen LogP) is -1.11. The number of nitrogens with zero attached hydrogens (tertiary/aromatic N) is 2. The third-order valence-electron chi connectivity index (χ3n) is 5.96. The zero-order valence-corrected chi connectivity index (χ0v) is 24.8. The van der Waals surface area contributed by atoms with E-state index in [1.807, 2.05) is 13.8 Å². The number of phosphoric ester groups is 1. The maximum absolute atomic E-state index is 13.1. The summed E-state index contributed by atoms with van der Waals surface area (Å²) in [5, 5.41) is 15.2. The number of carbonyl (C=O) groups is 5. The molecule has 16 heteroatoms. The fourth-order valence-corrected chi connectivity index (χ4v) is 4.27. The average molecular weight is 602 g/mol. The quantitative estimate of drug-likeness (QED) is 0.133. The Hall–Kier alpha value is -3.52. The first-order chi connectivity index (χ1) is 18.8. The number of carbonyl (C=O) groups excluding carboxylic acids is 5. The van der Waals surface area contributed by atoms with Crippen LogP contribution in [0.5, 0.6) is 5.75 Å². The molecule has 1 unspecified atom stereocenters. The molecule has 0 spiro atoms. The van der Waals surface area contributed by atoms with Gasteiger partial charge in [0.2, 0.25) is 29.5 Å². The van der Waals surface area contributed by atoms with E-state index in [2.05, 4.69) is 15.2 Å². The lowest BCUT2D eigenvalue weighted by molar-refractivity contribution is -0.145. The van der Waals surface area contributed by atoms with E-state index in [1.165, 1.54) is 52.2 Å². The molecule has 7 N–H and O–H groups in total. The van der Waals surface area contributed by atoms with Crippen molar-refractivity contribution in [1.82, 2.24) is 20.4 Å². The van der Waals surface area contributed by atoms with Crippen LogP contribution >= 0.6 is 7.82 Å². The highest BCUT2D eigenvalue weighted by Gasteiger charge is 2.33. The van der Waals surface area contributed by atoms with Crippen LogP contribution in [0.3, 0.4) is 0 Å². The summed E-state index contributed by atoms with van der Waals surface area (Å²) < 4.78 is 15.5. The van der Waals surface area contributed by atoms with Gasteiger partial charge in [-0.3, -0.25) is 33.8 Å². The molecule has 1 aromatic rings. The molecule has 0 aromatic heterocycles. The maximum atomic E-state index is 13.1. The van der Waals surface area contributed by atoms with Crippen molar-refractivity contribution in [3.63, 3.8) is 0 Å². The number of likely N-dealkylation sites (N-methyl/N-ethyl adjacent to an activating group) is 2. The Bertz CT molecular complexity index is 1140. The summed E-state index contributed by atoms with van der Waals surface area (Å²) in [5.74, 6) is -3.47. The first-order valence-corrected chi connectivity index (χ1v) is 14.2. The van der Waals surface area contributed by atoms with E-state index in [4.69, 9.17) is 15.5 Å².